The summed E-state index contributed by atoms with van der Waals surface area (Å²) in [6, 6.07) is 12.0. The fraction of sp³-hybridized carbons (Fsp3) is 0.542. The molecule has 0 unspecified atom stereocenters. The predicted octanol–water partition coefficient (Wildman–Crippen LogP) is 3.37. The predicted molar refractivity (Wildman–Crippen MR) is 138 cm³/mol. The van der Waals surface area contributed by atoms with Gasteiger partial charge in [0.2, 0.25) is 0 Å². The number of nitro groups is 1. The Kier molecular flexibility index (Phi) is 12.5. The molecule has 0 atom stereocenters. The highest BCUT2D eigenvalue weighted by atomic mass is 32.2. The van der Waals surface area contributed by atoms with Gasteiger partial charge in [-0.05, 0) is 58.0 Å². The van der Waals surface area contributed by atoms with Gasteiger partial charge in [0.15, 0.2) is 5.84 Å². The average molecular weight is 492 g/mol. The van der Waals surface area contributed by atoms with Crippen molar-refractivity contribution in [1.82, 2.24) is 15.1 Å². The standard InChI is InChI=1S/C24H37N5O4S/c1-27(2)16-20-7-5-8-21(15-20)32-13-6-11-25-24(18-29(30)31)26-12-14-34-19-23-10-9-22(33-23)17-28(3)4/h5,7-10,15H,6,11-14,16-19H2,1-4H3,(H,25,26). The van der Waals surface area contributed by atoms with Gasteiger partial charge in [-0.3, -0.25) is 15.1 Å². The van der Waals surface area contributed by atoms with Gasteiger partial charge in [-0.2, -0.15) is 11.8 Å². The molecule has 34 heavy (non-hydrogen) atoms. The van der Waals surface area contributed by atoms with Crippen molar-refractivity contribution >= 4 is 17.6 Å². The lowest BCUT2D eigenvalue weighted by Gasteiger charge is -2.11. The van der Waals surface area contributed by atoms with E-state index in [2.05, 4.69) is 26.2 Å². The van der Waals surface area contributed by atoms with Gasteiger partial charge < -0.3 is 24.3 Å². The number of nitrogens with zero attached hydrogens (tertiary/aromatic N) is 4. The lowest BCUT2D eigenvalue weighted by Crippen LogP contribution is -2.32. The molecule has 1 heterocycles. The molecule has 0 aliphatic carbocycles. The molecular formula is C24H37N5O4S. The van der Waals surface area contributed by atoms with E-state index >= 15 is 0 Å². The van der Waals surface area contributed by atoms with Crippen molar-refractivity contribution < 1.29 is 14.1 Å². The summed E-state index contributed by atoms with van der Waals surface area (Å²) in [7, 11) is 8.07. The van der Waals surface area contributed by atoms with Crippen LogP contribution in [0.2, 0.25) is 0 Å². The van der Waals surface area contributed by atoms with E-state index in [1.807, 2.05) is 58.5 Å². The van der Waals surface area contributed by atoms with Crippen molar-refractivity contribution in [2.45, 2.75) is 25.3 Å². The molecule has 0 amide bonds. The van der Waals surface area contributed by atoms with Crippen LogP contribution in [-0.2, 0) is 18.8 Å². The number of benzene rings is 1. The summed E-state index contributed by atoms with van der Waals surface area (Å²) in [5.41, 5.74) is 1.19. The lowest BCUT2D eigenvalue weighted by molar-refractivity contribution is -0.463. The first kappa shape index (κ1) is 27.7. The van der Waals surface area contributed by atoms with Crippen LogP contribution in [-0.4, -0.2) is 80.7 Å². The van der Waals surface area contributed by atoms with Gasteiger partial charge in [0, 0.05) is 36.7 Å². The first-order valence-corrected chi connectivity index (χ1v) is 12.5. The lowest BCUT2D eigenvalue weighted by atomic mass is 10.2. The molecule has 188 valence electrons. The molecule has 0 saturated heterocycles. The number of nitrogens with one attached hydrogen (secondary N) is 1. The van der Waals surface area contributed by atoms with Gasteiger partial charge in [0.05, 0.1) is 18.9 Å². The maximum absolute atomic E-state index is 11.0. The molecule has 0 saturated carbocycles. The Morgan fingerprint density at radius 2 is 1.91 bits per heavy atom. The first-order valence-electron chi connectivity index (χ1n) is 11.4. The highest BCUT2D eigenvalue weighted by Crippen LogP contribution is 2.16. The molecule has 1 aromatic carbocycles. The second-order valence-electron chi connectivity index (χ2n) is 8.49. The van der Waals surface area contributed by atoms with Gasteiger partial charge in [-0.25, -0.2) is 0 Å². The smallest absolute Gasteiger partial charge is 0.259 e. The normalized spacial score (nSPS) is 11.9. The third kappa shape index (κ3) is 12.1. The van der Waals surface area contributed by atoms with E-state index in [4.69, 9.17) is 9.15 Å². The maximum atomic E-state index is 11.0. The number of rotatable bonds is 16. The molecule has 1 N–H and O–H groups in total. The molecule has 1 aromatic heterocycles. The van der Waals surface area contributed by atoms with E-state index in [-0.39, 0.29) is 11.5 Å². The molecule has 0 bridgehead atoms. The first-order chi connectivity index (χ1) is 16.3. The summed E-state index contributed by atoms with van der Waals surface area (Å²) < 4.78 is 11.6. The van der Waals surface area contributed by atoms with E-state index in [0.29, 0.717) is 32.0 Å². The molecule has 0 aliphatic heterocycles. The fourth-order valence-corrected chi connectivity index (χ4v) is 3.94. The minimum Gasteiger partial charge on any atom is -0.494 e. The summed E-state index contributed by atoms with van der Waals surface area (Å²) in [5, 5.41) is 14.1. The van der Waals surface area contributed by atoms with Crippen LogP contribution < -0.4 is 10.1 Å². The van der Waals surface area contributed by atoms with Gasteiger partial charge in [0.25, 0.3) is 6.54 Å². The highest BCUT2D eigenvalue weighted by molar-refractivity contribution is 7.98. The van der Waals surface area contributed by atoms with Gasteiger partial charge in [-0.15, -0.1) is 0 Å². The molecule has 0 spiro atoms. The molecule has 9 nitrogen and oxygen atoms in total. The Labute approximate surface area is 206 Å². The van der Waals surface area contributed by atoms with E-state index in [9.17, 15) is 10.1 Å². The van der Waals surface area contributed by atoms with Gasteiger partial charge in [-0.1, -0.05) is 12.1 Å². The second kappa shape index (κ2) is 15.4. The Morgan fingerprint density at radius 1 is 1.15 bits per heavy atom. The van der Waals surface area contributed by atoms with Crippen molar-refractivity contribution in [3.63, 3.8) is 0 Å². The SMILES string of the molecule is CN(C)Cc1cccc(OCCCN=C(C[N+](=O)[O-])NCCSCc2ccc(CN(C)C)o2)c1. The molecule has 10 heteroatoms. The van der Waals surface area contributed by atoms with Crippen LogP contribution in [0.3, 0.4) is 0 Å². The minimum absolute atomic E-state index is 0.301. The number of hydrogen-bond donors (Lipinski definition) is 1. The summed E-state index contributed by atoms with van der Waals surface area (Å²) >= 11 is 1.72. The van der Waals surface area contributed by atoms with E-state index in [0.717, 1.165) is 41.9 Å². The third-order valence-corrected chi connectivity index (χ3v) is 5.54. The van der Waals surface area contributed by atoms with Gasteiger partial charge >= 0.3 is 0 Å². The number of amidine groups is 1. The Bertz CT molecular complexity index is 901. The Hall–Kier alpha value is -2.56. The third-order valence-electron chi connectivity index (χ3n) is 4.56. The van der Waals surface area contributed by atoms with Crippen LogP contribution in [0.1, 0.15) is 23.5 Å². The summed E-state index contributed by atoms with van der Waals surface area (Å²) in [4.78, 5) is 19.2. The van der Waals surface area contributed by atoms with Crippen molar-refractivity contribution in [3.8, 4) is 5.75 Å². The summed E-state index contributed by atoms with van der Waals surface area (Å²) in [5.74, 6) is 4.69. The topological polar surface area (TPSA) is 96.4 Å². The molecular weight excluding hydrogens is 454 g/mol. The summed E-state index contributed by atoms with van der Waals surface area (Å²) in [6.07, 6.45) is 0.684. The molecule has 0 radical (unpaired) electrons. The Morgan fingerprint density at radius 3 is 2.65 bits per heavy atom. The zero-order chi connectivity index (χ0) is 24.8. The number of thioether (sulfide) groups is 1. The van der Waals surface area contributed by atoms with Crippen LogP contribution in [0.15, 0.2) is 45.8 Å². The zero-order valence-electron chi connectivity index (χ0n) is 20.7. The van der Waals surface area contributed by atoms with Crippen LogP contribution in [0.4, 0.5) is 0 Å². The van der Waals surface area contributed by atoms with E-state index in [1.165, 1.54) is 5.56 Å². The second-order valence-corrected chi connectivity index (χ2v) is 9.60. The van der Waals surface area contributed by atoms with Crippen LogP contribution in [0, 0.1) is 10.1 Å². The highest BCUT2D eigenvalue weighted by Gasteiger charge is 2.08. The molecule has 0 aliphatic rings. The quantitative estimate of drug-likeness (QED) is 0.126. The van der Waals surface area contributed by atoms with Crippen molar-refractivity contribution in [2.75, 3.05) is 60.2 Å². The van der Waals surface area contributed by atoms with Gasteiger partial charge in [0.1, 0.15) is 17.3 Å². The van der Waals surface area contributed by atoms with Crippen molar-refractivity contribution in [2.24, 2.45) is 4.99 Å². The molecule has 0 fully saturated rings. The van der Waals surface area contributed by atoms with Crippen LogP contribution in [0.25, 0.3) is 0 Å². The van der Waals surface area contributed by atoms with E-state index in [1.54, 1.807) is 11.8 Å². The Balaban J connectivity index is 1.67. The fourth-order valence-electron chi connectivity index (χ4n) is 3.19. The zero-order valence-corrected chi connectivity index (χ0v) is 21.5. The van der Waals surface area contributed by atoms with Crippen LogP contribution in [0.5, 0.6) is 5.75 Å². The number of hydrogen-bond acceptors (Lipinski definition) is 8. The van der Waals surface area contributed by atoms with E-state index < -0.39 is 0 Å². The molecule has 2 rings (SSSR count). The summed E-state index contributed by atoms with van der Waals surface area (Å²) in [6.45, 7) is 2.93. The molecule has 2 aromatic rings. The number of ether oxygens (including phenoxy) is 1. The van der Waals surface area contributed by atoms with Crippen molar-refractivity contribution in [3.05, 3.63) is 63.6 Å². The monoisotopic (exact) mass is 491 g/mol. The number of aliphatic imine (C=N–C) groups is 1. The average Bonchev–Trinajstić information content (AvgIpc) is 3.19. The van der Waals surface area contributed by atoms with Crippen LogP contribution >= 0.6 is 11.8 Å². The minimum atomic E-state index is -0.360. The van der Waals surface area contributed by atoms with Crippen molar-refractivity contribution in [1.29, 1.82) is 0 Å². The largest absolute Gasteiger partial charge is 0.494 e. The number of furan rings is 1. The maximum Gasteiger partial charge on any atom is 0.259 e.